The Labute approximate surface area is 177 Å². The number of amides is 1. The molecule has 0 aromatic carbocycles. The third-order valence-corrected chi connectivity index (χ3v) is 7.20. The first-order valence-corrected chi connectivity index (χ1v) is 11.8. The maximum atomic E-state index is 13.1. The second kappa shape index (κ2) is 8.94. The third-order valence-electron chi connectivity index (χ3n) is 6.16. The highest BCUT2D eigenvalue weighted by molar-refractivity contribution is 8.00. The van der Waals surface area contributed by atoms with Gasteiger partial charge in [-0.2, -0.15) is 0 Å². The van der Waals surface area contributed by atoms with E-state index in [-0.39, 0.29) is 11.2 Å². The molecule has 1 aliphatic heterocycles. The lowest BCUT2D eigenvalue weighted by atomic mass is 9.92. The standard InChI is InChI=1S/C22H32N4O2S/c1-15-12-16(2)14-25(13-15)21(27)17(3)29-22-24-23-20(19-10-7-11-28-19)26(22)18-8-5-4-6-9-18/h7,10-11,15-18H,4-6,8-9,12-14H2,1-3H3. The van der Waals surface area contributed by atoms with Crippen LogP contribution in [-0.2, 0) is 4.79 Å². The Morgan fingerprint density at radius 2 is 1.90 bits per heavy atom. The van der Waals surface area contributed by atoms with Crippen LogP contribution in [0.5, 0.6) is 0 Å². The molecule has 2 aromatic heterocycles. The van der Waals surface area contributed by atoms with E-state index >= 15 is 0 Å². The summed E-state index contributed by atoms with van der Waals surface area (Å²) < 4.78 is 7.86. The number of thioether (sulfide) groups is 1. The Bertz CT molecular complexity index is 803. The zero-order chi connectivity index (χ0) is 20.4. The smallest absolute Gasteiger partial charge is 0.235 e. The van der Waals surface area contributed by atoms with Gasteiger partial charge in [0.15, 0.2) is 10.9 Å². The minimum atomic E-state index is -0.177. The van der Waals surface area contributed by atoms with Crippen LogP contribution in [-0.4, -0.2) is 43.9 Å². The average Bonchev–Trinajstić information content (AvgIpc) is 3.37. The van der Waals surface area contributed by atoms with Gasteiger partial charge in [-0.3, -0.25) is 9.36 Å². The van der Waals surface area contributed by atoms with Crippen molar-refractivity contribution in [3.05, 3.63) is 18.4 Å². The summed E-state index contributed by atoms with van der Waals surface area (Å²) in [6.45, 7) is 8.21. The van der Waals surface area contributed by atoms with Crippen molar-refractivity contribution in [3.8, 4) is 11.6 Å². The van der Waals surface area contributed by atoms with E-state index in [0.29, 0.717) is 17.9 Å². The van der Waals surface area contributed by atoms with E-state index in [9.17, 15) is 4.79 Å². The van der Waals surface area contributed by atoms with E-state index in [1.165, 1.54) is 25.7 Å². The molecule has 1 saturated carbocycles. The highest BCUT2D eigenvalue weighted by Crippen LogP contribution is 2.37. The fourth-order valence-corrected chi connectivity index (χ4v) is 5.91. The van der Waals surface area contributed by atoms with Crippen molar-refractivity contribution in [2.24, 2.45) is 11.8 Å². The molecule has 1 amide bonds. The Kier molecular flexibility index (Phi) is 6.32. The van der Waals surface area contributed by atoms with Crippen molar-refractivity contribution in [3.63, 3.8) is 0 Å². The van der Waals surface area contributed by atoms with Crippen LogP contribution in [0.15, 0.2) is 28.0 Å². The number of hydrogen-bond acceptors (Lipinski definition) is 5. The van der Waals surface area contributed by atoms with Crippen molar-refractivity contribution in [2.75, 3.05) is 13.1 Å². The van der Waals surface area contributed by atoms with Crippen LogP contribution in [0, 0.1) is 11.8 Å². The predicted octanol–water partition coefficient (Wildman–Crippen LogP) is 5.03. The van der Waals surface area contributed by atoms with Crippen molar-refractivity contribution in [1.82, 2.24) is 19.7 Å². The van der Waals surface area contributed by atoms with Gasteiger partial charge < -0.3 is 9.32 Å². The van der Waals surface area contributed by atoms with Crippen molar-refractivity contribution in [2.45, 2.75) is 75.7 Å². The molecule has 4 rings (SSSR count). The molecule has 0 radical (unpaired) electrons. The van der Waals surface area contributed by atoms with Gasteiger partial charge in [-0.1, -0.05) is 44.9 Å². The summed E-state index contributed by atoms with van der Waals surface area (Å²) in [5.41, 5.74) is 0. The molecule has 1 aliphatic carbocycles. The molecule has 3 atom stereocenters. The quantitative estimate of drug-likeness (QED) is 0.640. The van der Waals surface area contributed by atoms with Crippen LogP contribution in [0.4, 0.5) is 0 Å². The number of furan rings is 1. The first-order valence-electron chi connectivity index (χ1n) is 11.0. The molecule has 2 fully saturated rings. The number of rotatable bonds is 5. The number of likely N-dealkylation sites (tertiary alicyclic amines) is 1. The fourth-order valence-electron chi connectivity index (χ4n) is 4.91. The van der Waals surface area contributed by atoms with Gasteiger partial charge in [0.2, 0.25) is 11.7 Å². The van der Waals surface area contributed by atoms with E-state index in [0.717, 1.165) is 42.7 Å². The minimum Gasteiger partial charge on any atom is -0.461 e. The van der Waals surface area contributed by atoms with Gasteiger partial charge in [-0.15, -0.1) is 10.2 Å². The highest BCUT2D eigenvalue weighted by atomic mass is 32.2. The number of carbonyl (C=O) groups is 1. The first kappa shape index (κ1) is 20.5. The van der Waals surface area contributed by atoms with Gasteiger partial charge in [0.25, 0.3) is 0 Å². The molecule has 0 N–H and O–H groups in total. The molecule has 3 heterocycles. The van der Waals surface area contributed by atoms with Gasteiger partial charge in [0, 0.05) is 19.1 Å². The molecule has 158 valence electrons. The van der Waals surface area contributed by atoms with E-state index in [4.69, 9.17) is 4.42 Å². The molecule has 0 bridgehead atoms. The van der Waals surface area contributed by atoms with Crippen LogP contribution in [0.3, 0.4) is 0 Å². The lowest BCUT2D eigenvalue weighted by Crippen LogP contribution is -2.45. The summed E-state index contributed by atoms with van der Waals surface area (Å²) in [6.07, 6.45) is 8.87. The molecule has 2 aromatic rings. The average molecular weight is 417 g/mol. The van der Waals surface area contributed by atoms with Gasteiger partial charge in [0.1, 0.15) is 0 Å². The number of piperidine rings is 1. The first-order chi connectivity index (χ1) is 14.0. The summed E-state index contributed by atoms with van der Waals surface area (Å²) in [7, 11) is 0. The Balaban J connectivity index is 1.55. The number of carbonyl (C=O) groups excluding carboxylic acids is 1. The summed E-state index contributed by atoms with van der Waals surface area (Å²) in [6, 6.07) is 4.19. The van der Waals surface area contributed by atoms with Crippen LogP contribution in [0.1, 0.15) is 65.3 Å². The molecule has 0 spiro atoms. The lowest BCUT2D eigenvalue weighted by Gasteiger charge is -2.36. The van der Waals surface area contributed by atoms with E-state index in [1.807, 2.05) is 24.0 Å². The van der Waals surface area contributed by atoms with Gasteiger partial charge in [-0.05, 0) is 50.2 Å². The van der Waals surface area contributed by atoms with Gasteiger partial charge in [0.05, 0.1) is 11.5 Å². The number of aromatic nitrogens is 3. The third kappa shape index (κ3) is 4.55. The van der Waals surface area contributed by atoms with E-state index in [2.05, 4.69) is 28.6 Å². The van der Waals surface area contributed by atoms with Crippen LogP contribution in [0.25, 0.3) is 11.6 Å². The normalized spacial score (nSPS) is 24.6. The molecular weight excluding hydrogens is 384 g/mol. The van der Waals surface area contributed by atoms with Crippen LogP contribution in [0.2, 0.25) is 0 Å². The zero-order valence-corrected chi connectivity index (χ0v) is 18.5. The molecule has 3 unspecified atom stereocenters. The maximum Gasteiger partial charge on any atom is 0.235 e. The highest BCUT2D eigenvalue weighted by Gasteiger charge is 2.31. The fraction of sp³-hybridized carbons (Fsp3) is 0.682. The summed E-state index contributed by atoms with van der Waals surface area (Å²) in [5, 5.41) is 9.60. The van der Waals surface area contributed by atoms with Crippen molar-refractivity contribution in [1.29, 1.82) is 0 Å². The van der Waals surface area contributed by atoms with Gasteiger partial charge >= 0.3 is 0 Å². The Morgan fingerprint density at radius 3 is 2.55 bits per heavy atom. The molecular formula is C22H32N4O2S. The molecule has 1 saturated heterocycles. The molecule has 29 heavy (non-hydrogen) atoms. The number of nitrogens with zero attached hydrogens (tertiary/aromatic N) is 4. The number of hydrogen-bond donors (Lipinski definition) is 0. The predicted molar refractivity (Wildman–Crippen MR) is 115 cm³/mol. The summed E-state index contributed by atoms with van der Waals surface area (Å²) in [5.74, 6) is 2.87. The SMILES string of the molecule is CC1CC(C)CN(C(=O)C(C)Sc2nnc(-c3ccco3)n2C2CCCCC2)C1. The minimum absolute atomic E-state index is 0.177. The molecule has 2 aliphatic rings. The topological polar surface area (TPSA) is 64.2 Å². The zero-order valence-electron chi connectivity index (χ0n) is 17.7. The summed E-state index contributed by atoms with van der Waals surface area (Å²) in [4.78, 5) is 15.2. The van der Waals surface area contributed by atoms with Gasteiger partial charge in [-0.25, -0.2) is 0 Å². The lowest BCUT2D eigenvalue weighted by molar-refractivity contribution is -0.132. The Hall–Kier alpha value is -1.76. The van der Waals surface area contributed by atoms with Crippen molar-refractivity contribution >= 4 is 17.7 Å². The van der Waals surface area contributed by atoms with Crippen LogP contribution < -0.4 is 0 Å². The largest absolute Gasteiger partial charge is 0.461 e. The summed E-state index contributed by atoms with van der Waals surface area (Å²) >= 11 is 1.54. The van der Waals surface area contributed by atoms with Crippen molar-refractivity contribution < 1.29 is 9.21 Å². The van der Waals surface area contributed by atoms with Crippen LogP contribution >= 0.6 is 11.8 Å². The maximum absolute atomic E-state index is 13.1. The monoisotopic (exact) mass is 416 g/mol. The Morgan fingerprint density at radius 1 is 1.17 bits per heavy atom. The molecule has 6 nitrogen and oxygen atoms in total. The molecule has 7 heteroatoms. The second-order valence-corrected chi connectivity index (χ2v) is 10.2. The van der Waals surface area contributed by atoms with E-state index in [1.54, 1.807) is 18.0 Å². The van der Waals surface area contributed by atoms with E-state index < -0.39 is 0 Å². The second-order valence-electron chi connectivity index (χ2n) is 8.89.